The Morgan fingerprint density at radius 2 is 2.05 bits per heavy atom. The van der Waals surface area contributed by atoms with Crippen LogP contribution in [-0.2, 0) is 17.1 Å². The standard InChI is InChI=1S/C10H7ClF5NO3/c11-2-4-3-17-9(20-10(14,15)16)7(8(12)13)5(4)1-6(18)19/h3,8H,1-2H2,(H,18,19). The first kappa shape index (κ1) is 16.4. The van der Waals surface area contributed by atoms with Crippen molar-refractivity contribution in [1.29, 1.82) is 0 Å². The van der Waals surface area contributed by atoms with E-state index in [0.717, 1.165) is 6.20 Å². The summed E-state index contributed by atoms with van der Waals surface area (Å²) in [7, 11) is 0. The van der Waals surface area contributed by atoms with E-state index in [4.69, 9.17) is 16.7 Å². The molecule has 20 heavy (non-hydrogen) atoms. The molecule has 112 valence electrons. The van der Waals surface area contributed by atoms with Gasteiger partial charge in [0.25, 0.3) is 6.43 Å². The molecular formula is C10H7ClF5NO3. The third-order valence-corrected chi connectivity index (χ3v) is 2.47. The Kier molecular flexibility index (Phi) is 5.09. The molecule has 0 aromatic carbocycles. The van der Waals surface area contributed by atoms with Crippen LogP contribution in [0.5, 0.6) is 5.88 Å². The lowest BCUT2D eigenvalue weighted by atomic mass is 10.0. The molecule has 0 fully saturated rings. The van der Waals surface area contributed by atoms with Crippen LogP contribution in [0.15, 0.2) is 6.20 Å². The smallest absolute Gasteiger partial charge is 0.481 e. The van der Waals surface area contributed by atoms with Crippen LogP contribution in [0.25, 0.3) is 0 Å². The molecule has 0 saturated heterocycles. The SMILES string of the molecule is O=C(O)Cc1c(CCl)cnc(OC(F)(F)F)c1C(F)F. The second-order valence-corrected chi connectivity index (χ2v) is 3.80. The van der Waals surface area contributed by atoms with Gasteiger partial charge in [-0.2, -0.15) is 0 Å². The Bertz CT molecular complexity index is 506. The maximum atomic E-state index is 12.9. The maximum absolute atomic E-state index is 12.9. The van der Waals surface area contributed by atoms with Crippen molar-refractivity contribution in [3.63, 3.8) is 0 Å². The van der Waals surface area contributed by atoms with Crippen molar-refractivity contribution < 1.29 is 36.6 Å². The van der Waals surface area contributed by atoms with Crippen molar-refractivity contribution in [3.05, 3.63) is 22.9 Å². The number of alkyl halides is 6. The number of pyridine rings is 1. The van der Waals surface area contributed by atoms with Gasteiger partial charge in [0.15, 0.2) is 0 Å². The zero-order chi connectivity index (χ0) is 15.5. The predicted octanol–water partition coefficient (Wildman–Crippen LogP) is 3.28. The van der Waals surface area contributed by atoms with Gasteiger partial charge in [-0.05, 0) is 11.1 Å². The van der Waals surface area contributed by atoms with Crippen molar-refractivity contribution >= 4 is 17.6 Å². The van der Waals surface area contributed by atoms with Gasteiger partial charge in [-0.1, -0.05) is 0 Å². The highest BCUT2D eigenvalue weighted by Gasteiger charge is 2.35. The molecule has 10 heteroatoms. The molecule has 0 spiro atoms. The summed E-state index contributed by atoms with van der Waals surface area (Å²) in [6, 6.07) is 0. The van der Waals surface area contributed by atoms with Crippen LogP contribution in [0.3, 0.4) is 0 Å². The molecule has 1 rings (SSSR count). The summed E-state index contributed by atoms with van der Waals surface area (Å²) in [5.41, 5.74) is -1.85. The summed E-state index contributed by atoms with van der Waals surface area (Å²) in [5.74, 6) is -3.25. The van der Waals surface area contributed by atoms with E-state index in [1.807, 2.05) is 0 Å². The zero-order valence-corrected chi connectivity index (χ0v) is 10.3. The van der Waals surface area contributed by atoms with E-state index in [1.54, 1.807) is 0 Å². The fourth-order valence-corrected chi connectivity index (χ4v) is 1.71. The van der Waals surface area contributed by atoms with Gasteiger partial charge >= 0.3 is 12.3 Å². The molecule has 1 aromatic heterocycles. The minimum Gasteiger partial charge on any atom is -0.481 e. The Balaban J connectivity index is 3.43. The zero-order valence-electron chi connectivity index (χ0n) is 9.55. The van der Waals surface area contributed by atoms with Crippen LogP contribution < -0.4 is 4.74 Å². The number of aliphatic carboxylic acids is 1. The van der Waals surface area contributed by atoms with Crippen LogP contribution in [0, 0.1) is 0 Å². The number of halogens is 6. The first-order chi connectivity index (χ1) is 9.15. The molecule has 1 N–H and O–H groups in total. The highest BCUT2D eigenvalue weighted by molar-refractivity contribution is 6.17. The largest absolute Gasteiger partial charge is 0.574 e. The lowest BCUT2D eigenvalue weighted by Gasteiger charge is -2.16. The number of aromatic nitrogens is 1. The number of nitrogens with zero attached hydrogens (tertiary/aromatic N) is 1. The lowest BCUT2D eigenvalue weighted by Crippen LogP contribution is -2.20. The first-order valence-electron chi connectivity index (χ1n) is 4.98. The van der Waals surface area contributed by atoms with Crippen LogP contribution in [0.1, 0.15) is 23.1 Å². The quantitative estimate of drug-likeness (QED) is 0.668. The predicted molar refractivity (Wildman–Crippen MR) is 56.8 cm³/mol. The van der Waals surface area contributed by atoms with Crippen LogP contribution in [0.4, 0.5) is 22.0 Å². The number of rotatable bonds is 5. The van der Waals surface area contributed by atoms with E-state index < -0.39 is 42.2 Å². The van der Waals surface area contributed by atoms with Gasteiger partial charge in [0.1, 0.15) is 0 Å². The third kappa shape index (κ3) is 4.19. The Labute approximate surface area is 114 Å². The van der Waals surface area contributed by atoms with Crippen molar-refractivity contribution in [3.8, 4) is 5.88 Å². The van der Waals surface area contributed by atoms with Gasteiger partial charge in [-0.25, -0.2) is 13.8 Å². The van der Waals surface area contributed by atoms with Crippen LogP contribution in [-0.4, -0.2) is 22.4 Å². The minimum absolute atomic E-state index is 0.0982. The molecule has 1 aromatic rings. The molecule has 0 aliphatic rings. The van der Waals surface area contributed by atoms with Gasteiger partial charge in [-0.15, -0.1) is 24.8 Å². The number of hydrogen-bond acceptors (Lipinski definition) is 3. The van der Waals surface area contributed by atoms with Crippen LogP contribution in [0.2, 0.25) is 0 Å². The normalized spacial score (nSPS) is 11.8. The molecular weight excluding hydrogens is 313 g/mol. The molecule has 4 nitrogen and oxygen atoms in total. The average Bonchev–Trinajstić information content (AvgIpc) is 2.25. The van der Waals surface area contributed by atoms with E-state index in [2.05, 4.69) is 9.72 Å². The topological polar surface area (TPSA) is 59.4 Å². The second-order valence-electron chi connectivity index (χ2n) is 3.53. The molecule has 0 aliphatic heterocycles. The third-order valence-electron chi connectivity index (χ3n) is 2.18. The summed E-state index contributed by atoms with van der Waals surface area (Å²) in [6.45, 7) is 0. The molecule has 0 atom stereocenters. The molecule has 0 amide bonds. The maximum Gasteiger partial charge on any atom is 0.574 e. The molecule has 0 radical (unpaired) electrons. The van der Waals surface area contributed by atoms with E-state index in [1.165, 1.54) is 0 Å². The molecule has 0 bridgehead atoms. The summed E-state index contributed by atoms with van der Waals surface area (Å²) in [4.78, 5) is 13.8. The number of carbonyl (C=O) groups is 1. The summed E-state index contributed by atoms with van der Waals surface area (Å²) < 4.78 is 65.5. The van der Waals surface area contributed by atoms with Crippen molar-refractivity contribution in [2.24, 2.45) is 0 Å². The molecule has 0 unspecified atom stereocenters. The molecule has 0 aliphatic carbocycles. The van der Waals surface area contributed by atoms with Gasteiger partial charge in [0.2, 0.25) is 5.88 Å². The number of carboxylic acids is 1. The van der Waals surface area contributed by atoms with E-state index >= 15 is 0 Å². The fourth-order valence-electron chi connectivity index (χ4n) is 1.48. The van der Waals surface area contributed by atoms with Gasteiger partial charge < -0.3 is 9.84 Å². The summed E-state index contributed by atoms with van der Waals surface area (Å²) >= 11 is 5.44. The Morgan fingerprint density at radius 1 is 1.45 bits per heavy atom. The number of ether oxygens (including phenoxy) is 1. The molecule has 1 heterocycles. The minimum atomic E-state index is -5.22. The average molecular weight is 320 g/mol. The lowest BCUT2D eigenvalue weighted by molar-refractivity contribution is -0.276. The van der Waals surface area contributed by atoms with E-state index in [0.29, 0.717) is 0 Å². The number of hydrogen-bond donors (Lipinski definition) is 1. The Morgan fingerprint density at radius 3 is 2.45 bits per heavy atom. The first-order valence-corrected chi connectivity index (χ1v) is 5.51. The van der Waals surface area contributed by atoms with Crippen molar-refractivity contribution in [1.82, 2.24) is 4.98 Å². The highest BCUT2D eigenvalue weighted by Crippen LogP contribution is 2.36. The van der Waals surface area contributed by atoms with Gasteiger partial charge in [0, 0.05) is 12.1 Å². The summed E-state index contributed by atoms with van der Waals surface area (Å²) in [6.07, 6.45) is -8.76. The summed E-state index contributed by atoms with van der Waals surface area (Å²) in [5, 5.41) is 8.65. The number of carboxylic acid groups (broad SMARTS) is 1. The Hall–Kier alpha value is -1.64. The highest BCUT2D eigenvalue weighted by atomic mass is 35.5. The second kappa shape index (κ2) is 6.21. The van der Waals surface area contributed by atoms with Crippen molar-refractivity contribution in [2.45, 2.75) is 25.1 Å². The van der Waals surface area contributed by atoms with E-state index in [-0.39, 0.29) is 11.4 Å². The van der Waals surface area contributed by atoms with Gasteiger partial charge in [-0.3, -0.25) is 4.79 Å². The molecule has 0 saturated carbocycles. The van der Waals surface area contributed by atoms with Crippen molar-refractivity contribution in [2.75, 3.05) is 0 Å². The van der Waals surface area contributed by atoms with Gasteiger partial charge in [0.05, 0.1) is 12.0 Å². The van der Waals surface area contributed by atoms with Crippen LogP contribution >= 0.6 is 11.6 Å². The monoisotopic (exact) mass is 319 g/mol. The van der Waals surface area contributed by atoms with E-state index in [9.17, 15) is 26.7 Å². The fraction of sp³-hybridized carbons (Fsp3) is 0.400.